The molecule has 12 nitrogen and oxygen atoms in total. The first kappa shape index (κ1) is 23.0. The summed E-state index contributed by atoms with van der Waals surface area (Å²) in [5.41, 5.74) is 5.55. The van der Waals surface area contributed by atoms with E-state index in [-0.39, 0.29) is 17.1 Å². The van der Waals surface area contributed by atoms with Crippen molar-refractivity contribution in [3.63, 3.8) is 0 Å². The van der Waals surface area contributed by atoms with Crippen LogP contribution in [0.2, 0.25) is 0 Å². The number of ether oxygens (including phenoxy) is 2. The number of carbonyl (C=O) groups excluding carboxylic acids is 1. The van der Waals surface area contributed by atoms with Gasteiger partial charge in [-0.2, -0.15) is 0 Å². The van der Waals surface area contributed by atoms with E-state index in [0.717, 1.165) is 18.2 Å². The van der Waals surface area contributed by atoms with Gasteiger partial charge >= 0.3 is 5.97 Å². The van der Waals surface area contributed by atoms with E-state index in [4.69, 9.17) is 20.3 Å². The van der Waals surface area contributed by atoms with E-state index >= 15 is 0 Å². The van der Waals surface area contributed by atoms with Crippen molar-refractivity contribution >= 4 is 11.8 Å². The lowest BCUT2D eigenvalue weighted by Gasteiger charge is -2.47. The second-order valence-electron chi connectivity index (χ2n) is 6.62. The van der Waals surface area contributed by atoms with Crippen LogP contribution in [0.5, 0.6) is 11.5 Å². The number of Topliss-reactive ketones (excluding diaryl/α,β-unsaturated/α-hetero) is 1. The predicted octanol–water partition coefficient (Wildman–Crippen LogP) is -3.23. The van der Waals surface area contributed by atoms with Crippen molar-refractivity contribution in [3.05, 3.63) is 23.8 Å². The van der Waals surface area contributed by atoms with Gasteiger partial charge in [0.05, 0.1) is 25.9 Å². The first-order valence-corrected chi connectivity index (χ1v) is 8.45. The fourth-order valence-corrected chi connectivity index (χ4v) is 3.16. The van der Waals surface area contributed by atoms with Gasteiger partial charge in [-0.05, 0) is 18.2 Å². The number of ketones is 1. The smallest absolute Gasteiger partial charge is 0.365 e. The van der Waals surface area contributed by atoms with Gasteiger partial charge < -0.3 is 51.0 Å². The number of phenolic OH excluding ortho intramolecular Hbond substituents is 1. The summed E-state index contributed by atoms with van der Waals surface area (Å²) < 4.78 is 9.86. The number of benzene rings is 1. The molecule has 0 aliphatic carbocycles. The number of hydrogen-bond donors (Lipinski definition) is 8. The van der Waals surface area contributed by atoms with Gasteiger partial charge in [0.25, 0.3) is 5.79 Å². The number of carbonyl (C=O) groups is 2. The second-order valence-corrected chi connectivity index (χ2v) is 6.62. The van der Waals surface area contributed by atoms with Crippen molar-refractivity contribution in [3.8, 4) is 11.5 Å². The molecule has 7 atom stereocenters. The molecule has 0 spiro atoms. The predicted molar refractivity (Wildman–Crippen MR) is 93.0 cm³/mol. The quantitative estimate of drug-likeness (QED) is 0.205. The number of phenols is 1. The molecule has 1 heterocycles. The van der Waals surface area contributed by atoms with E-state index in [9.17, 15) is 40.2 Å². The molecular weight excluding hydrogens is 394 g/mol. The second kappa shape index (κ2) is 8.59. The Balaban J connectivity index is 2.48. The number of aliphatic hydroxyl groups excluding tert-OH is 4. The number of nitrogens with two attached hydrogens (primary N) is 1. The van der Waals surface area contributed by atoms with Crippen molar-refractivity contribution in [1.29, 1.82) is 0 Å². The number of carboxylic acids is 1. The summed E-state index contributed by atoms with van der Waals surface area (Å²) in [5, 5.41) is 68.8. The maximum absolute atomic E-state index is 12.9. The number of aromatic hydroxyl groups is 1. The SMILES string of the molecule is COc1cc(C(=O)C2[C@H](O)[C@@H](N)[C@H]([C@H](O)[C@H](O)CO)OC2(O)C(=O)O)ccc1O. The molecule has 2 unspecified atom stereocenters. The zero-order chi connectivity index (χ0) is 22.1. The summed E-state index contributed by atoms with van der Waals surface area (Å²) in [5.74, 6) is -9.02. The van der Waals surface area contributed by atoms with Gasteiger partial charge in [0.2, 0.25) is 0 Å². The molecule has 1 aliphatic rings. The highest BCUT2D eigenvalue weighted by Crippen LogP contribution is 2.38. The molecule has 2 rings (SSSR count). The maximum atomic E-state index is 12.9. The van der Waals surface area contributed by atoms with Gasteiger partial charge in [0.1, 0.15) is 24.2 Å². The number of rotatable bonds is 7. The molecule has 29 heavy (non-hydrogen) atoms. The van der Waals surface area contributed by atoms with Crippen LogP contribution in [0.1, 0.15) is 10.4 Å². The topological polar surface area (TPSA) is 220 Å². The highest BCUT2D eigenvalue weighted by molar-refractivity contribution is 6.02. The number of aliphatic carboxylic acids is 1. The highest BCUT2D eigenvalue weighted by Gasteiger charge is 2.61. The Morgan fingerprint density at radius 3 is 2.48 bits per heavy atom. The standard InChI is InChI=1S/C17H23NO11/c1-28-9-4-6(2-3-7(9)20)12(22)10-14(24)11(18)15(13(23)8(21)5-19)29-17(10,27)16(25)26/h2-4,8,10-11,13-15,19-21,23-24,27H,5,18H2,1H3,(H,25,26)/t8-,10?,11-,13-,14+,15-,17?/m1/s1. The highest BCUT2D eigenvalue weighted by atomic mass is 16.7. The average Bonchev–Trinajstić information content (AvgIpc) is 2.69. The lowest BCUT2D eigenvalue weighted by atomic mass is 9.77. The van der Waals surface area contributed by atoms with Crippen molar-refractivity contribution < 1.29 is 54.8 Å². The Hall–Kier alpha value is -2.32. The molecule has 162 valence electrons. The van der Waals surface area contributed by atoms with Crippen LogP contribution in [0.3, 0.4) is 0 Å². The van der Waals surface area contributed by atoms with E-state index in [2.05, 4.69) is 0 Å². The van der Waals surface area contributed by atoms with E-state index in [1.165, 1.54) is 7.11 Å². The maximum Gasteiger partial charge on any atom is 0.365 e. The molecular formula is C17H23NO11. The summed E-state index contributed by atoms with van der Waals surface area (Å²) in [6.07, 6.45) is -7.64. The minimum Gasteiger partial charge on any atom is -0.504 e. The van der Waals surface area contributed by atoms with Gasteiger partial charge in [-0.15, -0.1) is 0 Å². The molecule has 12 heteroatoms. The number of carboxylic acid groups (broad SMARTS) is 1. The van der Waals surface area contributed by atoms with Crippen LogP contribution in [0, 0.1) is 5.92 Å². The van der Waals surface area contributed by atoms with Crippen LogP contribution in [-0.2, 0) is 9.53 Å². The summed E-state index contributed by atoms with van der Waals surface area (Å²) in [4.78, 5) is 24.6. The van der Waals surface area contributed by atoms with Crippen LogP contribution >= 0.6 is 0 Å². The normalized spacial score (nSPS) is 31.7. The Labute approximate surface area is 164 Å². The molecule has 0 radical (unpaired) electrons. The minimum absolute atomic E-state index is 0.121. The summed E-state index contributed by atoms with van der Waals surface area (Å²) in [6, 6.07) is 1.65. The van der Waals surface area contributed by atoms with E-state index in [1.54, 1.807) is 0 Å². The first-order valence-electron chi connectivity index (χ1n) is 8.45. The van der Waals surface area contributed by atoms with E-state index < -0.39 is 60.5 Å². The molecule has 0 saturated carbocycles. The largest absolute Gasteiger partial charge is 0.504 e. The molecule has 1 saturated heterocycles. The monoisotopic (exact) mass is 417 g/mol. The van der Waals surface area contributed by atoms with Crippen LogP contribution < -0.4 is 10.5 Å². The van der Waals surface area contributed by atoms with Gasteiger partial charge in [0.15, 0.2) is 17.3 Å². The van der Waals surface area contributed by atoms with E-state index in [1.807, 2.05) is 0 Å². The van der Waals surface area contributed by atoms with Crippen molar-refractivity contribution in [1.82, 2.24) is 0 Å². The fourth-order valence-electron chi connectivity index (χ4n) is 3.16. The van der Waals surface area contributed by atoms with Gasteiger partial charge in [-0.25, -0.2) is 4.79 Å². The number of aliphatic hydroxyl groups is 5. The average molecular weight is 417 g/mol. The number of methoxy groups -OCH3 is 1. The van der Waals surface area contributed by atoms with Gasteiger partial charge in [-0.1, -0.05) is 0 Å². The summed E-state index contributed by atoms with van der Waals surface area (Å²) in [6.45, 7) is -0.939. The molecule has 1 fully saturated rings. The Kier molecular flexibility index (Phi) is 6.80. The zero-order valence-corrected chi connectivity index (χ0v) is 15.2. The van der Waals surface area contributed by atoms with Gasteiger partial charge in [-0.3, -0.25) is 4.79 Å². The van der Waals surface area contributed by atoms with Gasteiger partial charge in [0, 0.05) is 5.56 Å². The molecule has 1 aliphatic heterocycles. The molecule has 0 aromatic heterocycles. The van der Waals surface area contributed by atoms with Crippen LogP contribution in [0.25, 0.3) is 0 Å². The Bertz CT molecular complexity index is 772. The molecule has 1 aromatic rings. The summed E-state index contributed by atoms with van der Waals surface area (Å²) >= 11 is 0. The Morgan fingerprint density at radius 1 is 1.34 bits per heavy atom. The third kappa shape index (κ3) is 4.04. The summed E-state index contributed by atoms with van der Waals surface area (Å²) in [7, 11) is 1.21. The molecule has 1 aromatic carbocycles. The molecule has 9 N–H and O–H groups in total. The van der Waals surface area contributed by atoms with Crippen molar-refractivity contribution in [2.75, 3.05) is 13.7 Å². The minimum atomic E-state index is -3.32. The molecule has 0 amide bonds. The fraction of sp³-hybridized carbons (Fsp3) is 0.529. The van der Waals surface area contributed by atoms with E-state index in [0.29, 0.717) is 0 Å². The lowest BCUT2D eigenvalue weighted by Crippen LogP contribution is -2.71. The Morgan fingerprint density at radius 2 is 1.97 bits per heavy atom. The van der Waals surface area contributed by atoms with Crippen molar-refractivity contribution in [2.45, 2.75) is 36.2 Å². The van der Waals surface area contributed by atoms with Crippen LogP contribution in [0.15, 0.2) is 18.2 Å². The lowest BCUT2D eigenvalue weighted by molar-refractivity contribution is -0.308. The number of hydrogen-bond acceptors (Lipinski definition) is 11. The molecule has 0 bridgehead atoms. The van der Waals surface area contributed by atoms with Crippen LogP contribution in [-0.4, -0.2) is 97.5 Å². The van der Waals surface area contributed by atoms with Crippen LogP contribution in [0.4, 0.5) is 0 Å². The zero-order valence-electron chi connectivity index (χ0n) is 15.2. The third-order valence-electron chi connectivity index (χ3n) is 4.82. The first-order chi connectivity index (χ1) is 13.5. The van der Waals surface area contributed by atoms with Crippen molar-refractivity contribution in [2.24, 2.45) is 11.7 Å². The third-order valence-corrected chi connectivity index (χ3v) is 4.82.